The van der Waals surface area contributed by atoms with Crippen LogP contribution in [0.1, 0.15) is 12.5 Å². The van der Waals surface area contributed by atoms with Crippen LogP contribution in [0.25, 0.3) is 0 Å². The lowest BCUT2D eigenvalue weighted by Crippen LogP contribution is -2.31. The SMILES string of the molecule is C[C@H](OC(=O)COc1ccccc1C#N)C(=O)Nc1ccc2c(c1)OCO2. The van der Waals surface area contributed by atoms with Gasteiger partial charge in [0.15, 0.2) is 24.2 Å². The Hall–Kier alpha value is -3.73. The first-order chi connectivity index (χ1) is 13.1. The van der Waals surface area contributed by atoms with E-state index in [2.05, 4.69) is 5.32 Å². The van der Waals surface area contributed by atoms with Gasteiger partial charge in [-0.2, -0.15) is 5.26 Å². The van der Waals surface area contributed by atoms with Gasteiger partial charge in [-0.05, 0) is 31.2 Å². The van der Waals surface area contributed by atoms with Gasteiger partial charge in [-0.25, -0.2) is 4.79 Å². The molecule has 2 aromatic carbocycles. The normalized spacial score (nSPS) is 12.6. The van der Waals surface area contributed by atoms with E-state index in [1.54, 1.807) is 42.5 Å². The van der Waals surface area contributed by atoms with Crippen molar-refractivity contribution in [3.8, 4) is 23.3 Å². The molecule has 0 saturated carbocycles. The number of fused-ring (bicyclic) bond motifs is 1. The van der Waals surface area contributed by atoms with Crippen LogP contribution in [0.15, 0.2) is 42.5 Å². The van der Waals surface area contributed by atoms with E-state index in [1.807, 2.05) is 6.07 Å². The number of rotatable bonds is 6. The lowest BCUT2D eigenvalue weighted by molar-refractivity contribution is -0.155. The number of para-hydroxylation sites is 1. The first-order valence-corrected chi connectivity index (χ1v) is 8.09. The Bertz CT molecular complexity index is 905. The third-order valence-corrected chi connectivity index (χ3v) is 3.67. The maximum Gasteiger partial charge on any atom is 0.344 e. The second-order valence-electron chi connectivity index (χ2n) is 5.59. The van der Waals surface area contributed by atoms with Gasteiger partial charge < -0.3 is 24.3 Å². The van der Waals surface area contributed by atoms with Gasteiger partial charge >= 0.3 is 5.97 Å². The molecule has 0 radical (unpaired) electrons. The van der Waals surface area contributed by atoms with Gasteiger partial charge in [-0.1, -0.05) is 12.1 Å². The molecule has 2 aromatic rings. The highest BCUT2D eigenvalue weighted by atomic mass is 16.7. The zero-order valence-electron chi connectivity index (χ0n) is 14.4. The van der Waals surface area contributed by atoms with Gasteiger partial charge in [-0.3, -0.25) is 4.79 Å². The first kappa shape index (κ1) is 18.1. The van der Waals surface area contributed by atoms with Crippen LogP contribution in [0, 0.1) is 11.3 Å². The van der Waals surface area contributed by atoms with Crippen molar-refractivity contribution in [3.63, 3.8) is 0 Å². The summed E-state index contributed by atoms with van der Waals surface area (Å²) in [4.78, 5) is 24.1. The molecule has 0 bridgehead atoms. The van der Waals surface area contributed by atoms with Crippen molar-refractivity contribution in [2.45, 2.75) is 13.0 Å². The van der Waals surface area contributed by atoms with Crippen LogP contribution in [-0.2, 0) is 14.3 Å². The molecule has 0 aliphatic carbocycles. The number of carbonyl (C=O) groups excluding carboxylic acids is 2. The molecule has 27 heavy (non-hydrogen) atoms. The zero-order valence-corrected chi connectivity index (χ0v) is 14.4. The Morgan fingerprint density at radius 2 is 2.00 bits per heavy atom. The number of benzene rings is 2. The summed E-state index contributed by atoms with van der Waals surface area (Å²) in [6.45, 7) is 1.17. The summed E-state index contributed by atoms with van der Waals surface area (Å²) in [6.07, 6.45) is -1.03. The quantitative estimate of drug-likeness (QED) is 0.779. The molecule has 1 aliphatic heterocycles. The zero-order chi connectivity index (χ0) is 19.2. The average Bonchev–Trinajstić information content (AvgIpc) is 3.14. The van der Waals surface area contributed by atoms with Crippen molar-refractivity contribution in [3.05, 3.63) is 48.0 Å². The molecule has 1 atom stereocenters. The number of carbonyl (C=O) groups is 2. The van der Waals surface area contributed by atoms with E-state index in [9.17, 15) is 9.59 Å². The largest absolute Gasteiger partial charge is 0.481 e. The molecule has 1 N–H and O–H groups in total. The highest BCUT2D eigenvalue weighted by Gasteiger charge is 2.20. The number of hydrogen-bond donors (Lipinski definition) is 1. The highest BCUT2D eigenvalue weighted by molar-refractivity contribution is 5.95. The number of nitriles is 1. The minimum atomic E-state index is -1.03. The van der Waals surface area contributed by atoms with E-state index in [0.29, 0.717) is 22.7 Å². The van der Waals surface area contributed by atoms with Crippen LogP contribution < -0.4 is 19.5 Å². The summed E-state index contributed by atoms with van der Waals surface area (Å²) < 4.78 is 20.8. The Morgan fingerprint density at radius 1 is 1.22 bits per heavy atom. The standard InChI is InChI=1S/C19H16N2O6/c1-12(19(23)21-14-6-7-16-17(8-14)26-11-25-16)27-18(22)10-24-15-5-3-2-4-13(15)9-20/h2-8,12H,10-11H2,1H3,(H,21,23)/t12-/m0/s1. The maximum absolute atomic E-state index is 12.2. The lowest BCUT2D eigenvalue weighted by atomic mass is 10.2. The minimum Gasteiger partial charge on any atom is -0.481 e. The van der Waals surface area contributed by atoms with Gasteiger partial charge in [-0.15, -0.1) is 0 Å². The number of hydrogen-bond acceptors (Lipinski definition) is 7. The molecule has 138 valence electrons. The molecule has 0 aromatic heterocycles. The molecule has 8 heteroatoms. The summed E-state index contributed by atoms with van der Waals surface area (Å²) in [7, 11) is 0. The average molecular weight is 368 g/mol. The monoisotopic (exact) mass is 368 g/mol. The molecule has 1 aliphatic rings. The van der Waals surface area contributed by atoms with E-state index in [1.165, 1.54) is 6.92 Å². The van der Waals surface area contributed by atoms with Crippen LogP contribution in [0.4, 0.5) is 5.69 Å². The Morgan fingerprint density at radius 3 is 2.81 bits per heavy atom. The van der Waals surface area contributed by atoms with Crippen molar-refractivity contribution < 1.29 is 28.5 Å². The molecule has 8 nitrogen and oxygen atoms in total. The summed E-state index contributed by atoms with van der Waals surface area (Å²) in [6, 6.07) is 13.4. The van der Waals surface area contributed by atoms with E-state index >= 15 is 0 Å². The van der Waals surface area contributed by atoms with E-state index < -0.39 is 24.6 Å². The van der Waals surface area contributed by atoms with Gasteiger partial charge in [0, 0.05) is 11.8 Å². The number of anilines is 1. The topological polar surface area (TPSA) is 107 Å². The van der Waals surface area contributed by atoms with Crippen LogP contribution in [0.2, 0.25) is 0 Å². The highest BCUT2D eigenvalue weighted by Crippen LogP contribution is 2.34. The van der Waals surface area contributed by atoms with Crippen molar-refractivity contribution in [1.82, 2.24) is 0 Å². The molecule has 0 fully saturated rings. The molecular formula is C19H16N2O6. The summed E-state index contributed by atoms with van der Waals surface area (Å²) in [5, 5.41) is 11.6. The Labute approximate surface area is 155 Å². The Kier molecular flexibility index (Phi) is 5.42. The fourth-order valence-electron chi connectivity index (χ4n) is 2.32. The number of amides is 1. The third-order valence-electron chi connectivity index (χ3n) is 3.67. The van der Waals surface area contributed by atoms with Crippen molar-refractivity contribution in [2.75, 3.05) is 18.7 Å². The summed E-state index contributed by atoms with van der Waals surface area (Å²) in [5.74, 6) is 0.175. The number of nitrogens with zero attached hydrogens (tertiary/aromatic N) is 1. The van der Waals surface area contributed by atoms with Crippen molar-refractivity contribution >= 4 is 17.6 Å². The lowest BCUT2D eigenvalue weighted by Gasteiger charge is -2.14. The molecule has 1 heterocycles. The van der Waals surface area contributed by atoms with Gasteiger partial charge in [0.05, 0.1) is 5.56 Å². The molecule has 0 unspecified atom stereocenters. The predicted molar refractivity (Wildman–Crippen MR) is 93.4 cm³/mol. The molecule has 0 spiro atoms. The van der Waals surface area contributed by atoms with Crippen molar-refractivity contribution in [2.24, 2.45) is 0 Å². The predicted octanol–water partition coefficient (Wildman–Crippen LogP) is 2.24. The minimum absolute atomic E-state index is 0.135. The molecule has 1 amide bonds. The second-order valence-corrected chi connectivity index (χ2v) is 5.59. The summed E-state index contributed by atoms with van der Waals surface area (Å²) in [5.41, 5.74) is 0.797. The fraction of sp³-hybridized carbons (Fsp3) is 0.211. The van der Waals surface area contributed by atoms with Crippen LogP contribution in [0.3, 0.4) is 0 Å². The third kappa shape index (κ3) is 4.46. The van der Waals surface area contributed by atoms with Crippen molar-refractivity contribution in [1.29, 1.82) is 5.26 Å². The Balaban J connectivity index is 1.50. The smallest absolute Gasteiger partial charge is 0.344 e. The fourth-order valence-corrected chi connectivity index (χ4v) is 2.32. The molecule has 3 rings (SSSR count). The molecule has 0 saturated heterocycles. The van der Waals surface area contributed by atoms with E-state index in [-0.39, 0.29) is 12.5 Å². The number of esters is 1. The number of nitrogens with one attached hydrogen (secondary N) is 1. The number of ether oxygens (including phenoxy) is 4. The van der Waals surface area contributed by atoms with Gasteiger partial charge in [0.1, 0.15) is 11.8 Å². The van der Waals surface area contributed by atoms with Gasteiger partial charge in [0.25, 0.3) is 5.91 Å². The van der Waals surface area contributed by atoms with E-state index in [4.69, 9.17) is 24.2 Å². The van der Waals surface area contributed by atoms with Crippen LogP contribution >= 0.6 is 0 Å². The maximum atomic E-state index is 12.2. The van der Waals surface area contributed by atoms with Gasteiger partial charge in [0.2, 0.25) is 6.79 Å². The summed E-state index contributed by atoms with van der Waals surface area (Å²) >= 11 is 0. The van der Waals surface area contributed by atoms with E-state index in [0.717, 1.165) is 0 Å². The first-order valence-electron chi connectivity index (χ1n) is 8.09. The van der Waals surface area contributed by atoms with Crippen LogP contribution in [0.5, 0.6) is 17.2 Å². The van der Waals surface area contributed by atoms with Crippen LogP contribution in [-0.4, -0.2) is 31.4 Å². The second kappa shape index (κ2) is 8.10. The molecular weight excluding hydrogens is 352 g/mol.